The van der Waals surface area contributed by atoms with E-state index in [2.05, 4.69) is 33.5 Å². The first kappa shape index (κ1) is 16.3. The highest BCUT2D eigenvalue weighted by atomic mass is 16.2. The van der Waals surface area contributed by atoms with Crippen molar-refractivity contribution in [2.45, 2.75) is 12.8 Å². The van der Waals surface area contributed by atoms with E-state index < -0.39 is 0 Å². The highest BCUT2D eigenvalue weighted by Gasteiger charge is 2.25. The Balaban J connectivity index is 1.38. The summed E-state index contributed by atoms with van der Waals surface area (Å²) < 4.78 is 0. The summed E-state index contributed by atoms with van der Waals surface area (Å²) in [6.45, 7) is 1.45. The van der Waals surface area contributed by atoms with E-state index in [4.69, 9.17) is 0 Å². The topological polar surface area (TPSA) is 58.1 Å². The molecule has 1 aromatic heterocycles. The van der Waals surface area contributed by atoms with Crippen molar-refractivity contribution in [1.29, 1.82) is 0 Å². The number of nitrogens with one attached hydrogen (secondary N) is 1. The smallest absolute Gasteiger partial charge is 0.261 e. The molecule has 5 nitrogen and oxygen atoms in total. The molecule has 2 aromatic carbocycles. The average molecular weight is 344 g/mol. The van der Waals surface area contributed by atoms with E-state index in [1.807, 2.05) is 36.4 Å². The Labute approximate surface area is 152 Å². The molecule has 0 aliphatic carbocycles. The van der Waals surface area contributed by atoms with Crippen molar-refractivity contribution in [3.63, 3.8) is 0 Å². The van der Waals surface area contributed by atoms with E-state index in [0.29, 0.717) is 18.1 Å². The quantitative estimate of drug-likeness (QED) is 0.771. The summed E-state index contributed by atoms with van der Waals surface area (Å²) in [4.78, 5) is 23.1. The summed E-state index contributed by atoms with van der Waals surface area (Å²) in [5, 5.41) is 3.20. The Kier molecular flexibility index (Phi) is 4.60. The number of amides is 1. The molecule has 1 aliphatic heterocycles. The zero-order valence-corrected chi connectivity index (χ0v) is 14.4. The largest absolute Gasteiger partial charge is 0.354 e. The normalized spacial score (nSPS) is 12.7. The van der Waals surface area contributed by atoms with E-state index in [-0.39, 0.29) is 5.91 Å². The van der Waals surface area contributed by atoms with Gasteiger partial charge in [0.2, 0.25) is 5.95 Å². The minimum atomic E-state index is -0.0502. The minimum Gasteiger partial charge on any atom is -0.354 e. The Morgan fingerprint density at radius 1 is 1.00 bits per heavy atom. The molecule has 0 unspecified atom stereocenters. The maximum absolute atomic E-state index is 12.7. The third-order valence-electron chi connectivity index (χ3n) is 4.57. The van der Waals surface area contributed by atoms with Crippen LogP contribution in [0.1, 0.15) is 21.5 Å². The number of aromatic nitrogens is 2. The molecule has 0 bridgehead atoms. The van der Waals surface area contributed by atoms with Crippen LogP contribution < -0.4 is 10.2 Å². The Morgan fingerprint density at radius 2 is 1.73 bits per heavy atom. The van der Waals surface area contributed by atoms with Crippen LogP contribution >= 0.6 is 0 Å². The van der Waals surface area contributed by atoms with Gasteiger partial charge in [-0.3, -0.25) is 4.79 Å². The molecule has 0 saturated carbocycles. The number of carbonyl (C=O) groups is 1. The molecule has 0 spiro atoms. The molecule has 0 atom stereocenters. The van der Waals surface area contributed by atoms with Crippen LogP contribution in [0, 0.1) is 0 Å². The predicted molar refractivity (Wildman–Crippen MR) is 102 cm³/mol. The molecule has 1 aliphatic rings. The summed E-state index contributed by atoms with van der Waals surface area (Å²) in [7, 11) is 0. The highest BCUT2D eigenvalue weighted by Crippen LogP contribution is 2.28. The molecule has 0 saturated heterocycles. The lowest BCUT2D eigenvalue weighted by atomic mass is 10.1. The standard InChI is InChI=1S/C21H20N4O/c26-20(25-13-11-17-8-4-5-9-19(17)25)18-14-23-21(24-15-18)22-12-10-16-6-2-1-3-7-16/h1-9,14-15H,10-13H2,(H,22,23,24). The van der Waals surface area contributed by atoms with Gasteiger partial charge in [0.15, 0.2) is 0 Å². The molecule has 4 rings (SSSR count). The number of hydrogen-bond donors (Lipinski definition) is 1. The van der Waals surface area contributed by atoms with Crippen molar-refractivity contribution in [3.8, 4) is 0 Å². The number of nitrogens with zero attached hydrogens (tertiary/aromatic N) is 3. The average Bonchev–Trinajstić information content (AvgIpc) is 3.13. The maximum Gasteiger partial charge on any atom is 0.261 e. The van der Waals surface area contributed by atoms with Crippen LogP contribution in [0.5, 0.6) is 0 Å². The Morgan fingerprint density at radius 3 is 2.54 bits per heavy atom. The molecule has 3 aromatic rings. The molecule has 5 heteroatoms. The number of hydrogen-bond acceptors (Lipinski definition) is 4. The molecular weight excluding hydrogens is 324 g/mol. The second-order valence-corrected chi connectivity index (χ2v) is 6.29. The fourth-order valence-corrected chi connectivity index (χ4v) is 3.20. The first-order valence-corrected chi connectivity index (χ1v) is 8.81. The maximum atomic E-state index is 12.7. The van der Waals surface area contributed by atoms with Gasteiger partial charge in [0.05, 0.1) is 5.56 Å². The number of benzene rings is 2. The number of para-hydroxylation sites is 1. The van der Waals surface area contributed by atoms with Gasteiger partial charge in [0.1, 0.15) is 0 Å². The minimum absolute atomic E-state index is 0.0502. The van der Waals surface area contributed by atoms with Gasteiger partial charge in [-0.2, -0.15) is 0 Å². The van der Waals surface area contributed by atoms with E-state index in [0.717, 1.165) is 25.1 Å². The zero-order chi connectivity index (χ0) is 17.8. The second-order valence-electron chi connectivity index (χ2n) is 6.29. The van der Waals surface area contributed by atoms with Gasteiger partial charge in [-0.05, 0) is 30.0 Å². The van der Waals surface area contributed by atoms with Crippen LogP contribution in [0.15, 0.2) is 67.0 Å². The lowest BCUT2D eigenvalue weighted by Crippen LogP contribution is -2.29. The number of rotatable bonds is 5. The van der Waals surface area contributed by atoms with Crippen LogP contribution in [-0.2, 0) is 12.8 Å². The number of fused-ring (bicyclic) bond motifs is 1. The lowest BCUT2D eigenvalue weighted by Gasteiger charge is -2.17. The Bertz CT molecular complexity index is 893. The van der Waals surface area contributed by atoms with Crippen molar-refractivity contribution >= 4 is 17.5 Å². The molecule has 26 heavy (non-hydrogen) atoms. The summed E-state index contributed by atoms with van der Waals surface area (Å²) >= 11 is 0. The highest BCUT2D eigenvalue weighted by molar-refractivity contribution is 6.06. The van der Waals surface area contributed by atoms with Gasteiger partial charge in [-0.1, -0.05) is 48.5 Å². The monoisotopic (exact) mass is 344 g/mol. The fourth-order valence-electron chi connectivity index (χ4n) is 3.20. The van der Waals surface area contributed by atoms with Crippen molar-refractivity contribution in [2.75, 3.05) is 23.3 Å². The van der Waals surface area contributed by atoms with Crippen molar-refractivity contribution in [3.05, 3.63) is 83.7 Å². The summed E-state index contributed by atoms with van der Waals surface area (Å²) in [6, 6.07) is 18.3. The van der Waals surface area contributed by atoms with Crippen LogP contribution in [0.2, 0.25) is 0 Å². The molecular formula is C21H20N4O. The molecule has 1 amide bonds. The first-order valence-electron chi connectivity index (χ1n) is 8.81. The van der Waals surface area contributed by atoms with Gasteiger partial charge in [0, 0.05) is 31.2 Å². The van der Waals surface area contributed by atoms with E-state index >= 15 is 0 Å². The summed E-state index contributed by atoms with van der Waals surface area (Å²) in [5.74, 6) is 0.491. The third kappa shape index (κ3) is 3.42. The van der Waals surface area contributed by atoms with Gasteiger partial charge in [-0.15, -0.1) is 0 Å². The van der Waals surface area contributed by atoms with Crippen molar-refractivity contribution in [2.24, 2.45) is 0 Å². The van der Waals surface area contributed by atoms with E-state index in [1.165, 1.54) is 11.1 Å². The summed E-state index contributed by atoms with van der Waals surface area (Å²) in [6.07, 6.45) is 4.99. The summed E-state index contributed by atoms with van der Waals surface area (Å²) in [5.41, 5.74) is 3.97. The van der Waals surface area contributed by atoms with Crippen molar-refractivity contribution in [1.82, 2.24) is 9.97 Å². The zero-order valence-electron chi connectivity index (χ0n) is 14.4. The fraction of sp³-hybridized carbons (Fsp3) is 0.190. The second kappa shape index (κ2) is 7.35. The molecule has 2 heterocycles. The van der Waals surface area contributed by atoms with Gasteiger partial charge < -0.3 is 10.2 Å². The molecule has 0 radical (unpaired) electrons. The molecule has 130 valence electrons. The van der Waals surface area contributed by atoms with Crippen LogP contribution in [0.3, 0.4) is 0 Å². The first-order chi connectivity index (χ1) is 12.8. The number of carbonyl (C=O) groups excluding carboxylic acids is 1. The van der Waals surface area contributed by atoms with E-state index in [1.54, 1.807) is 17.3 Å². The van der Waals surface area contributed by atoms with E-state index in [9.17, 15) is 4.79 Å². The van der Waals surface area contributed by atoms with Crippen LogP contribution in [0.25, 0.3) is 0 Å². The molecule has 1 N–H and O–H groups in total. The third-order valence-corrected chi connectivity index (χ3v) is 4.57. The van der Waals surface area contributed by atoms with Crippen LogP contribution in [0.4, 0.5) is 11.6 Å². The van der Waals surface area contributed by atoms with Gasteiger partial charge in [-0.25, -0.2) is 9.97 Å². The predicted octanol–water partition coefficient (Wildman–Crippen LogP) is 3.33. The van der Waals surface area contributed by atoms with Gasteiger partial charge in [0.25, 0.3) is 5.91 Å². The SMILES string of the molecule is O=C(c1cnc(NCCc2ccccc2)nc1)N1CCc2ccccc21. The van der Waals surface area contributed by atoms with Gasteiger partial charge >= 0.3 is 0 Å². The Hall–Kier alpha value is -3.21. The van der Waals surface area contributed by atoms with Crippen molar-refractivity contribution < 1.29 is 4.79 Å². The molecule has 0 fully saturated rings. The number of anilines is 2. The van der Waals surface area contributed by atoms with Crippen LogP contribution in [-0.4, -0.2) is 29.0 Å². The lowest BCUT2D eigenvalue weighted by molar-refractivity contribution is 0.0988.